The molecule has 1 aromatic heterocycles. The molecular weight excluding hydrogens is 479 g/mol. The van der Waals surface area contributed by atoms with Crippen LogP contribution in [0.4, 0.5) is 23.9 Å². The summed E-state index contributed by atoms with van der Waals surface area (Å²) >= 11 is 6.90. The Kier molecular flexibility index (Phi) is 8.31. The molecule has 0 bridgehead atoms. The fourth-order valence-electron chi connectivity index (χ4n) is 3.34. The molecule has 33 heavy (non-hydrogen) atoms. The minimum Gasteiger partial charge on any atom is -0.325 e. The third kappa shape index (κ3) is 7.17. The van der Waals surface area contributed by atoms with Gasteiger partial charge in [-0.1, -0.05) is 11.6 Å². The van der Waals surface area contributed by atoms with Gasteiger partial charge in [-0.3, -0.25) is 14.5 Å². The summed E-state index contributed by atoms with van der Waals surface area (Å²) in [7, 11) is 0. The summed E-state index contributed by atoms with van der Waals surface area (Å²) in [5.74, 6) is -0.584. The Morgan fingerprint density at radius 1 is 1.09 bits per heavy atom. The number of piperazine rings is 1. The van der Waals surface area contributed by atoms with Crippen LogP contribution in [0.1, 0.15) is 17.5 Å². The monoisotopic (exact) mass is 499 g/mol. The van der Waals surface area contributed by atoms with Crippen LogP contribution in [0.15, 0.2) is 29.6 Å². The van der Waals surface area contributed by atoms with Gasteiger partial charge in [0.05, 0.1) is 22.7 Å². The molecule has 12 heteroatoms. The number of alkyl halides is 3. The Morgan fingerprint density at radius 2 is 1.79 bits per heavy atom. The zero-order chi connectivity index (χ0) is 24.0. The van der Waals surface area contributed by atoms with Gasteiger partial charge in [0.15, 0.2) is 0 Å². The van der Waals surface area contributed by atoms with E-state index in [9.17, 15) is 22.8 Å². The molecule has 0 saturated carbocycles. The minimum atomic E-state index is -4.60. The van der Waals surface area contributed by atoms with E-state index in [1.165, 1.54) is 17.4 Å². The van der Waals surface area contributed by atoms with Crippen molar-refractivity contribution in [3.05, 3.63) is 45.8 Å². The Bertz CT molecular complexity index is 1050. The number of nitriles is 1. The molecule has 0 unspecified atom stereocenters. The average Bonchev–Trinajstić information content (AvgIpc) is 3.21. The minimum absolute atomic E-state index is 0.0340. The van der Waals surface area contributed by atoms with Gasteiger partial charge in [0.1, 0.15) is 11.1 Å². The number of rotatable bonds is 7. The summed E-state index contributed by atoms with van der Waals surface area (Å²) in [6.07, 6.45) is -4.33. The SMILES string of the molecule is N#Cc1ccsc1NC(=O)CCN1CCN(CC(=O)Nc2ccc(Cl)c(C(F)(F)F)c2)CC1. The second kappa shape index (κ2) is 11.0. The topological polar surface area (TPSA) is 88.5 Å². The number of nitrogens with one attached hydrogen (secondary N) is 2. The number of benzene rings is 1. The molecule has 2 aromatic rings. The van der Waals surface area contributed by atoms with E-state index in [0.717, 1.165) is 12.1 Å². The fraction of sp³-hybridized carbons (Fsp3) is 0.381. The standard InChI is InChI=1S/C21H21ClF3N5O2S/c22-17-2-1-15(11-16(17)21(23,24)25)27-19(32)13-30-8-6-29(7-9-30)5-3-18(31)28-20-14(12-26)4-10-33-20/h1-2,4,10-11H,3,5-9,13H2,(H,27,32)(H,28,31). The summed E-state index contributed by atoms with van der Waals surface area (Å²) in [5.41, 5.74) is -0.525. The number of anilines is 2. The van der Waals surface area contributed by atoms with Crippen LogP contribution in [0.3, 0.4) is 0 Å². The highest BCUT2D eigenvalue weighted by molar-refractivity contribution is 7.14. The number of carbonyl (C=O) groups is 2. The van der Waals surface area contributed by atoms with Crippen molar-refractivity contribution in [2.45, 2.75) is 12.6 Å². The van der Waals surface area contributed by atoms with Crippen molar-refractivity contribution in [3.8, 4) is 6.07 Å². The Hall–Kier alpha value is -2.65. The predicted octanol–water partition coefficient (Wildman–Crippen LogP) is 3.88. The molecule has 2 amide bonds. The third-order valence-electron chi connectivity index (χ3n) is 5.08. The quantitative estimate of drug-likeness (QED) is 0.603. The van der Waals surface area contributed by atoms with E-state index in [-0.39, 0.29) is 24.6 Å². The Morgan fingerprint density at radius 3 is 2.45 bits per heavy atom. The first-order chi connectivity index (χ1) is 15.7. The average molecular weight is 500 g/mol. The van der Waals surface area contributed by atoms with Gasteiger partial charge in [0.2, 0.25) is 11.8 Å². The molecule has 1 saturated heterocycles. The molecular formula is C21H21ClF3N5O2S. The van der Waals surface area contributed by atoms with Crippen molar-refractivity contribution in [1.29, 1.82) is 5.26 Å². The summed E-state index contributed by atoms with van der Waals surface area (Å²) in [4.78, 5) is 28.4. The molecule has 1 fully saturated rings. The normalized spacial score (nSPS) is 15.1. The largest absolute Gasteiger partial charge is 0.417 e. The lowest BCUT2D eigenvalue weighted by Crippen LogP contribution is -2.49. The van der Waals surface area contributed by atoms with Gasteiger partial charge in [-0.05, 0) is 29.6 Å². The molecule has 0 spiro atoms. The van der Waals surface area contributed by atoms with Crippen molar-refractivity contribution in [1.82, 2.24) is 9.80 Å². The van der Waals surface area contributed by atoms with E-state index < -0.39 is 22.7 Å². The first kappa shape index (κ1) is 25.0. The highest BCUT2D eigenvalue weighted by atomic mass is 35.5. The smallest absolute Gasteiger partial charge is 0.325 e. The van der Waals surface area contributed by atoms with Gasteiger partial charge in [0.25, 0.3) is 0 Å². The second-order valence-electron chi connectivity index (χ2n) is 7.43. The van der Waals surface area contributed by atoms with Gasteiger partial charge in [-0.15, -0.1) is 11.3 Å². The molecule has 176 valence electrons. The molecule has 0 radical (unpaired) electrons. The zero-order valence-corrected chi connectivity index (χ0v) is 19.0. The number of hydrogen-bond donors (Lipinski definition) is 2. The van der Waals surface area contributed by atoms with Crippen LogP contribution in [-0.2, 0) is 15.8 Å². The number of carbonyl (C=O) groups excluding carboxylic acids is 2. The molecule has 0 aliphatic carbocycles. The van der Waals surface area contributed by atoms with Gasteiger partial charge >= 0.3 is 6.18 Å². The molecule has 1 aromatic carbocycles. The lowest BCUT2D eigenvalue weighted by Gasteiger charge is -2.34. The molecule has 3 rings (SSSR count). The molecule has 7 nitrogen and oxygen atoms in total. The van der Waals surface area contributed by atoms with Crippen LogP contribution < -0.4 is 10.6 Å². The summed E-state index contributed by atoms with van der Waals surface area (Å²) < 4.78 is 38.9. The Balaban J connectivity index is 1.40. The summed E-state index contributed by atoms with van der Waals surface area (Å²) in [6.45, 7) is 3.09. The van der Waals surface area contributed by atoms with Crippen LogP contribution in [0.5, 0.6) is 0 Å². The van der Waals surface area contributed by atoms with Crippen molar-refractivity contribution in [2.75, 3.05) is 49.9 Å². The van der Waals surface area contributed by atoms with Crippen molar-refractivity contribution >= 4 is 45.4 Å². The zero-order valence-electron chi connectivity index (χ0n) is 17.4. The highest BCUT2D eigenvalue weighted by Gasteiger charge is 2.33. The maximum atomic E-state index is 13.0. The Labute approximate surface area is 197 Å². The first-order valence-corrected chi connectivity index (χ1v) is 11.3. The molecule has 0 atom stereocenters. The lowest BCUT2D eigenvalue weighted by atomic mass is 10.2. The van der Waals surface area contributed by atoms with Gasteiger partial charge in [-0.25, -0.2) is 0 Å². The van der Waals surface area contributed by atoms with E-state index in [4.69, 9.17) is 16.9 Å². The van der Waals surface area contributed by atoms with Crippen molar-refractivity contribution in [2.24, 2.45) is 0 Å². The van der Waals surface area contributed by atoms with E-state index in [1.54, 1.807) is 11.4 Å². The number of hydrogen-bond acceptors (Lipinski definition) is 6. The van der Waals surface area contributed by atoms with Crippen molar-refractivity contribution < 1.29 is 22.8 Å². The summed E-state index contributed by atoms with van der Waals surface area (Å²) in [5, 5.41) is 16.1. The maximum Gasteiger partial charge on any atom is 0.417 e. The summed E-state index contributed by atoms with van der Waals surface area (Å²) in [6, 6.07) is 6.93. The van der Waals surface area contributed by atoms with E-state index in [0.29, 0.717) is 43.3 Å². The number of amides is 2. The first-order valence-electron chi connectivity index (χ1n) is 10.0. The van der Waals surface area contributed by atoms with Crippen LogP contribution in [0.25, 0.3) is 0 Å². The van der Waals surface area contributed by atoms with Crippen LogP contribution >= 0.6 is 22.9 Å². The van der Waals surface area contributed by atoms with Crippen molar-refractivity contribution in [3.63, 3.8) is 0 Å². The number of thiophene rings is 1. The number of halogens is 4. The molecule has 1 aliphatic heterocycles. The third-order valence-corrected chi connectivity index (χ3v) is 6.24. The maximum absolute atomic E-state index is 13.0. The molecule has 1 aliphatic rings. The van der Waals surface area contributed by atoms with Gasteiger partial charge in [-0.2, -0.15) is 18.4 Å². The van der Waals surface area contributed by atoms with Crippen LogP contribution in [-0.4, -0.2) is 60.9 Å². The fourth-order valence-corrected chi connectivity index (χ4v) is 4.32. The lowest BCUT2D eigenvalue weighted by molar-refractivity contribution is -0.137. The van der Waals surface area contributed by atoms with Gasteiger partial charge in [0, 0.05) is 44.8 Å². The van der Waals surface area contributed by atoms with Crippen LogP contribution in [0.2, 0.25) is 5.02 Å². The highest BCUT2D eigenvalue weighted by Crippen LogP contribution is 2.36. The second-order valence-corrected chi connectivity index (χ2v) is 8.76. The molecule has 2 N–H and O–H groups in total. The van der Waals surface area contributed by atoms with E-state index in [2.05, 4.69) is 15.5 Å². The van der Waals surface area contributed by atoms with E-state index >= 15 is 0 Å². The predicted molar refractivity (Wildman–Crippen MR) is 120 cm³/mol. The van der Waals surface area contributed by atoms with E-state index in [1.807, 2.05) is 11.0 Å². The number of nitrogens with zero attached hydrogens (tertiary/aromatic N) is 3. The van der Waals surface area contributed by atoms with Crippen LogP contribution in [0, 0.1) is 11.3 Å². The van der Waals surface area contributed by atoms with Gasteiger partial charge < -0.3 is 15.5 Å². The molecule has 2 heterocycles.